The van der Waals surface area contributed by atoms with Gasteiger partial charge in [-0.3, -0.25) is 10.7 Å². The summed E-state index contributed by atoms with van der Waals surface area (Å²) in [5.41, 5.74) is 8.95. The Labute approximate surface area is 80.9 Å². The highest BCUT2D eigenvalue weighted by molar-refractivity contribution is 4.96. The first-order valence-corrected chi connectivity index (χ1v) is 4.87. The maximum atomic E-state index is 5.72. The summed E-state index contributed by atoms with van der Waals surface area (Å²) >= 11 is 0. The van der Waals surface area contributed by atoms with Crippen molar-refractivity contribution >= 4 is 0 Å². The molecule has 0 spiro atoms. The minimum absolute atomic E-state index is 0.782. The van der Waals surface area contributed by atoms with E-state index in [-0.39, 0.29) is 0 Å². The van der Waals surface area contributed by atoms with Gasteiger partial charge in [0.05, 0.1) is 0 Å². The predicted octanol–water partition coefficient (Wildman–Crippen LogP) is 0.372. The van der Waals surface area contributed by atoms with Gasteiger partial charge in [-0.1, -0.05) is 13.8 Å². The molecule has 0 amide bonds. The van der Waals surface area contributed by atoms with Crippen LogP contribution in [0.5, 0.6) is 0 Å². The topological polar surface area (TPSA) is 67.3 Å². The molecule has 0 aliphatic carbocycles. The molecule has 0 saturated carbocycles. The van der Waals surface area contributed by atoms with E-state index in [1.165, 1.54) is 0 Å². The fourth-order valence-electron chi connectivity index (χ4n) is 1.31. The van der Waals surface area contributed by atoms with Gasteiger partial charge in [-0.05, 0) is 25.9 Å². The number of hydrogen-bond donors (Lipinski definition) is 3. The van der Waals surface area contributed by atoms with Crippen molar-refractivity contribution in [3.63, 3.8) is 0 Å². The molecule has 13 heavy (non-hydrogen) atoms. The highest BCUT2D eigenvalue weighted by Crippen LogP contribution is 1.96. The van der Waals surface area contributed by atoms with Crippen molar-refractivity contribution in [1.82, 2.24) is 10.3 Å². The zero-order valence-electron chi connectivity index (χ0n) is 8.71. The Hall–Kier alpha value is -0.740. The van der Waals surface area contributed by atoms with Crippen molar-refractivity contribution in [2.45, 2.75) is 26.7 Å². The van der Waals surface area contributed by atoms with Gasteiger partial charge in [0.25, 0.3) is 0 Å². The van der Waals surface area contributed by atoms with Gasteiger partial charge in [0.15, 0.2) is 0 Å². The van der Waals surface area contributed by atoms with E-state index in [9.17, 15) is 0 Å². The third-order valence-corrected chi connectivity index (χ3v) is 1.75. The van der Waals surface area contributed by atoms with Crippen molar-refractivity contribution in [2.75, 3.05) is 19.6 Å². The van der Waals surface area contributed by atoms with Crippen molar-refractivity contribution in [2.24, 2.45) is 11.6 Å². The maximum Gasteiger partial charge on any atom is 0.0397 e. The monoisotopic (exact) mass is 186 g/mol. The van der Waals surface area contributed by atoms with Crippen LogP contribution in [0, 0.1) is 0 Å². The largest absolute Gasteiger partial charge is 0.400 e. The van der Waals surface area contributed by atoms with Crippen LogP contribution >= 0.6 is 0 Å². The molecule has 4 heteroatoms. The first-order valence-electron chi connectivity index (χ1n) is 4.87. The summed E-state index contributed by atoms with van der Waals surface area (Å²) < 4.78 is 0. The molecule has 0 aromatic heterocycles. The molecule has 0 radical (unpaired) electrons. The zero-order chi connectivity index (χ0) is 10.1. The summed E-state index contributed by atoms with van der Waals surface area (Å²) in [5.74, 6) is 5.13. The normalized spacial score (nSPS) is 12.2. The lowest BCUT2D eigenvalue weighted by molar-refractivity contribution is 0.296. The van der Waals surface area contributed by atoms with Crippen LogP contribution < -0.4 is 17.0 Å². The molecule has 0 rings (SSSR count). The van der Waals surface area contributed by atoms with Gasteiger partial charge in [-0.25, -0.2) is 0 Å². The van der Waals surface area contributed by atoms with Crippen LogP contribution in [0.25, 0.3) is 0 Å². The summed E-state index contributed by atoms with van der Waals surface area (Å²) in [7, 11) is 0. The van der Waals surface area contributed by atoms with E-state index in [0.717, 1.165) is 38.2 Å². The highest BCUT2D eigenvalue weighted by Gasteiger charge is 2.02. The van der Waals surface area contributed by atoms with Crippen LogP contribution in [0.1, 0.15) is 26.7 Å². The third-order valence-electron chi connectivity index (χ3n) is 1.75. The molecule has 78 valence electrons. The minimum Gasteiger partial charge on any atom is -0.400 e. The second kappa shape index (κ2) is 7.89. The van der Waals surface area contributed by atoms with Gasteiger partial charge in [-0.2, -0.15) is 0 Å². The molecule has 0 unspecified atom stereocenters. The van der Waals surface area contributed by atoms with Crippen molar-refractivity contribution in [3.8, 4) is 0 Å². The third kappa shape index (κ3) is 6.42. The predicted molar refractivity (Wildman–Crippen MR) is 56.6 cm³/mol. The Bertz CT molecular complexity index is 139. The minimum atomic E-state index is 0.782. The molecule has 0 atom stereocenters. The van der Waals surface area contributed by atoms with Gasteiger partial charge in [0.1, 0.15) is 0 Å². The summed E-state index contributed by atoms with van der Waals surface area (Å²) in [6.07, 6.45) is 3.95. The number of nitrogens with one attached hydrogen (secondary N) is 1. The zero-order valence-corrected chi connectivity index (χ0v) is 8.71. The van der Waals surface area contributed by atoms with Gasteiger partial charge in [0.2, 0.25) is 0 Å². The molecule has 0 fully saturated rings. The van der Waals surface area contributed by atoms with E-state index >= 15 is 0 Å². The Kier molecular flexibility index (Phi) is 7.44. The van der Waals surface area contributed by atoms with E-state index in [1.54, 1.807) is 6.20 Å². The smallest absolute Gasteiger partial charge is 0.0397 e. The van der Waals surface area contributed by atoms with E-state index in [4.69, 9.17) is 11.6 Å². The number of hydrazine groups is 1. The molecular weight excluding hydrogens is 164 g/mol. The summed E-state index contributed by atoms with van der Waals surface area (Å²) in [5, 5.41) is 0. The first kappa shape index (κ1) is 12.3. The van der Waals surface area contributed by atoms with Gasteiger partial charge in [0, 0.05) is 18.4 Å². The lowest BCUT2D eigenvalue weighted by Crippen LogP contribution is -2.31. The average molecular weight is 186 g/mol. The second-order valence-corrected chi connectivity index (χ2v) is 3.16. The van der Waals surface area contributed by atoms with E-state index in [1.807, 2.05) is 0 Å². The fraction of sp³-hybridized carbons (Fsp3) is 0.778. The number of rotatable bonds is 7. The maximum absolute atomic E-state index is 5.72. The molecule has 4 nitrogen and oxygen atoms in total. The fourth-order valence-corrected chi connectivity index (χ4v) is 1.31. The molecule has 0 heterocycles. The summed E-state index contributed by atoms with van der Waals surface area (Å²) in [6.45, 7) is 7.32. The molecular formula is C9H22N4. The van der Waals surface area contributed by atoms with E-state index < -0.39 is 0 Å². The first-order chi connectivity index (χ1) is 6.24. The molecule has 0 aromatic carbocycles. The van der Waals surface area contributed by atoms with Crippen LogP contribution in [-0.4, -0.2) is 24.5 Å². The standard InChI is InChI=1S/C9H22N4/c1-3-5-13(6-4-2)8-9(10)7-12-11/h7,12H,3-6,8,10-11H2,1-2H3/b9-7-. The Morgan fingerprint density at radius 2 is 1.85 bits per heavy atom. The van der Waals surface area contributed by atoms with Gasteiger partial charge < -0.3 is 11.2 Å². The van der Waals surface area contributed by atoms with Gasteiger partial charge >= 0.3 is 0 Å². The van der Waals surface area contributed by atoms with Crippen molar-refractivity contribution in [3.05, 3.63) is 11.9 Å². The lowest BCUT2D eigenvalue weighted by Gasteiger charge is -2.20. The van der Waals surface area contributed by atoms with Crippen LogP contribution in [0.15, 0.2) is 11.9 Å². The molecule has 0 saturated heterocycles. The van der Waals surface area contributed by atoms with Crippen LogP contribution in [0.3, 0.4) is 0 Å². The number of nitrogens with two attached hydrogens (primary N) is 2. The lowest BCUT2D eigenvalue weighted by atomic mass is 10.3. The van der Waals surface area contributed by atoms with E-state index in [0.29, 0.717) is 0 Å². The SMILES string of the molecule is CCCN(CCC)C/C(N)=C/NN. The Morgan fingerprint density at radius 3 is 2.23 bits per heavy atom. The van der Waals surface area contributed by atoms with Crippen LogP contribution in [-0.2, 0) is 0 Å². The number of hydrogen-bond acceptors (Lipinski definition) is 4. The van der Waals surface area contributed by atoms with Crippen molar-refractivity contribution < 1.29 is 0 Å². The Morgan fingerprint density at radius 1 is 1.31 bits per heavy atom. The highest BCUT2D eigenvalue weighted by atomic mass is 15.2. The summed E-state index contributed by atoms with van der Waals surface area (Å²) in [4.78, 5) is 2.32. The van der Waals surface area contributed by atoms with Crippen molar-refractivity contribution in [1.29, 1.82) is 0 Å². The molecule has 0 aromatic rings. The molecule has 0 aliphatic heterocycles. The molecule has 0 bridgehead atoms. The van der Waals surface area contributed by atoms with E-state index in [2.05, 4.69) is 24.2 Å². The van der Waals surface area contributed by atoms with Crippen LogP contribution in [0.2, 0.25) is 0 Å². The van der Waals surface area contributed by atoms with Gasteiger partial charge in [-0.15, -0.1) is 0 Å². The summed E-state index contributed by atoms with van der Waals surface area (Å²) in [6, 6.07) is 0. The quantitative estimate of drug-likeness (QED) is 0.397. The molecule has 5 N–H and O–H groups in total. The second-order valence-electron chi connectivity index (χ2n) is 3.16. The number of nitrogens with zero attached hydrogens (tertiary/aromatic N) is 1. The molecule has 0 aliphatic rings. The average Bonchev–Trinajstić information content (AvgIpc) is 2.05. The Balaban J connectivity index is 3.85. The van der Waals surface area contributed by atoms with Crippen LogP contribution in [0.4, 0.5) is 0 Å².